The molecule has 2 N–H and O–H groups in total. The Morgan fingerprint density at radius 2 is 1.73 bits per heavy atom. The Morgan fingerprint density at radius 1 is 1.04 bits per heavy atom. The van der Waals surface area contributed by atoms with Crippen LogP contribution in [0.3, 0.4) is 0 Å². The zero-order valence-electron chi connectivity index (χ0n) is 15.3. The van der Waals surface area contributed by atoms with E-state index in [1.165, 1.54) is 5.56 Å². The molecule has 1 amide bonds. The molecule has 26 heavy (non-hydrogen) atoms. The molecular formula is C21H27N3O2. The monoisotopic (exact) mass is 353 g/mol. The molecule has 1 heterocycles. The number of carbonyl (C=O) groups excluding carboxylic acids is 1. The Balaban J connectivity index is 1.39. The second kappa shape index (κ2) is 8.83. The highest BCUT2D eigenvalue weighted by Crippen LogP contribution is 2.17. The van der Waals surface area contributed by atoms with E-state index in [1.807, 2.05) is 13.0 Å². The van der Waals surface area contributed by atoms with Gasteiger partial charge in [-0.2, -0.15) is 0 Å². The zero-order valence-corrected chi connectivity index (χ0v) is 15.3. The van der Waals surface area contributed by atoms with Gasteiger partial charge in [0.1, 0.15) is 5.75 Å². The first kappa shape index (κ1) is 18.4. The summed E-state index contributed by atoms with van der Waals surface area (Å²) in [5.74, 6) is -0.184. The number of nitrogens with zero attached hydrogens (tertiary/aromatic N) is 2. The van der Waals surface area contributed by atoms with Crippen LogP contribution in [0.15, 0.2) is 48.5 Å². The van der Waals surface area contributed by atoms with Crippen molar-refractivity contribution in [3.63, 3.8) is 0 Å². The van der Waals surface area contributed by atoms with Crippen LogP contribution in [0.4, 0.5) is 0 Å². The number of aromatic hydroxyl groups is 1. The number of rotatable bonds is 6. The summed E-state index contributed by atoms with van der Waals surface area (Å²) in [5.41, 5.74) is 2.66. The van der Waals surface area contributed by atoms with E-state index in [1.54, 1.807) is 18.2 Å². The maximum Gasteiger partial charge on any atom is 0.255 e. The fraction of sp³-hybridized carbons (Fsp3) is 0.381. The van der Waals surface area contributed by atoms with Crippen LogP contribution in [0.25, 0.3) is 0 Å². The van der Waals surface area contributed by atoms with Gasteiger partial charge >= 0.3 is 0 Å². The van der Waals surface area contributed by atoms with Gasteiger partial charge in [0, 0.05) is 45.8 Å². The SMILES string of the molecule is Cc1ccc(O)c(C(=O)NCCN2CCN(Cc3ccccc3)CC2)c1. The molecule has 0 bridgehead atoms. The summed E-state index contributed by atoms with van der Waals surface area (Å²) in [4.78, 5) is 17.1. The van der Waals surface area contributed by atoms with Crippen molar-refractivity contribution in [1.29, 1.82) is 0 Å². The number of nitrogens with one attached hydrogen (secondary N) is 1. The van der Waals surface area contributed by atoms with Gasteiger partial charge in [-0.3, -0.25) is 14.6 Å². The van der Waals surface area contributed by atoms with Crippen molar-refractivity contribution in [2.24, 2.45) is 0 Å². The van der Waals surface area contributed by atoms with Crippen molar-refractivity contribution >= 4 is 5.91 Å². The largest absolute Gasteiger partial charge is 0.507 e. The Bertz CT molecular complexity index is 725. The molecule has 5 heteroatoms. The summed E-state index contributed by atoms with van der Waals surface area (Å²) >= 11 is 0. The van der Waals surface area contributed by atoms with Gasteiger partial charge in [0.05, 0.1) is 5.56 Å². The minimum absolute atomic E-state index is 0.0302. The first-order valence-corrected chi connectivity index (χ1v) is 9.18. The van der Waals surface area contributed by atoms with Gasteiger partial charge < -0.3 is 10.4 Å². The minimum Gasteiger partial charge on any atom is -0.507 e. The molecule has 0 spiro atoms. The lowest BCUT2D eigenvalue weighted by Gasteiger charge is -2.34. The van der Waals surface area contributed by atoms with E-state index in [0.717, 1.165) is 44.8 Å². The van der Waals surface area contributed by atoms with Crippen molar-refractivity contribution < 1.29 is 9.90 Å². The van der Waals surface area contributed by atoms with Gasteiger partial charge in [0.15, 0.2) is 0 Å². The van der Waals surface area contributed by atoms with Gasteiger partial charge in [-0.15, -0.1) is 0 Å². The maximum absolute atomic E-state index is 12.2. The summed E-state index contributed by atoms with van der Waals surface area (Å²) in [6, 6.07) is 15.6. The highest BCUT2D eigenvalue weighted by molar-refractivity contribution is 5.96. The van der Waals surface area contributed by atoms with Crippen molar-refractivity contribution in [3.05, 3.63) is 65.2 Å². The van der Waals surface area contributed by atoms with Crippen molar-refractivity contribution in [2.45, 2.75) is 13.5 Å². The minimum atomic E-state index is -0.214. The topological polar surface area (TPSA) is 55.8 Å². The third-order valence-corrected chi connectivity index (χ3v) is 4.82. The average Bonchev–Trinajstić information content (AvgIpc) is 2.66. The smallest absolute Gasteiger partial charge is 0.255 e. The van der Waals surface area contributed by atoms with Crippen LogP contribution < -0.4 is 5.32 Å². The van der Waals surface area contributed by atoms with Crippen LogP contribution in [0, 0.1) is 6.92 Å². The van der Waals surface area contributed by atoms with Gasteiger partial charge in [0.2, 0.25) is 0 Å². The van der Waals surface area contributed by atoms with Gasteiger partial charge in [-0.05, 0) is 24.6 Å². The molecule has 2 aromatic rings. The number of aryl methyl sites for hydroxylation is 1. The second-order valence-electron chi connectivity index (χ2n) is 6.88. The summed E-state index contributed by atoms with van der Waals surface area (Å²) in [7, 11) is 0. The quantitative estimate of drug-likeness (QED) is 0.836. The number of phenolic OH excluding ortho intramolecular Hbond substituents is 1. The molecule has 3 rings (SSSR count). The van der Waals surface area contributed by atoms with Crippen LogP contribution in [0.5, 0.6) is 5.75 Å². The lowest BCUT2D eigenvalue weighted by Crippen LogP contribution is -2.48. The van der Waals surface area contributed by atoms with Gasteiger partial charge in [0.25, 0.3) is 5.91 Å². The number of amides is 1. The molecule has 1 saturated heterocycles. The number of hydrogen-bond acceptors (Lipinski definition) is 4. The Morgan fingerprint density at radius 3 is 2.46 bits per heavy atom. The van der Waals surface area contributed by atoms with E-state index in [-0.39, 0.29) is 11.7 Å². The van der Waals surface area contributed by atoms with Crippen LogP contribution in [0.2, 0.25) is 0 Å². The van der Waals surface area contributed by atoms with Crippen molar-refractivity contribution in [2.75, 3.05) is 39.3 Å². The molecule has 0 saturated carbocycles. The highest BCUT2D eigenvalue weighted by atomic mass is 16.3. The Hall–Kier alpha value is -2.37. The van der Waals surface area contributed by atoms with E-state index in [0.29, 0.717) is 12.1 Å². The highest BCUT2D eigenvalue weighted by Gasteiger charge is 2.17. The third-order valence-electron chi connectivity index (χ3n) is 4.82. The molecule has 0 aliphatic carbocycles. The lowest BCUT2D eigenvalue weighted by atomic mass is 10.1. The fourth-order valence-corrected chi connectivity index (χ4v) is 3.27. The second-order valence-corrected chi connectivity index (χ2v) is 6.88. The van der Waals surface area contributed by atoms with Gasteiger partial charge in [-0.25, -0.2) is 0 Å². The molecule has 0 radical (unpaired) electrons. The summed E-state index contributed by atoms with van der Waals surface area (Å²) in [6.07, 6.45) is 0. The average molecular weight is 353 g/mol. The van der Waals surface area contributed by atoms with E-state index in [9.17, 15) is 9.90 Å². The molecule has 1 fully saturated rings. The summed E-state index contributed by atoms with van der Waals surface area (Å²) < 4.78 is 0. The number of benzene rings is 2. The molecular weight excluding hydrogens is 326 g/mol. The molecule has 0 aromatic heterocycles. The van der Waals surface area contributed by atoms with E-state index in [2.05, 4.69) is 39.4 Å². The van der Waals surface area contributed by atoms with Crippen LogP contribution in [-0.2, 0) is 6.54 Å². The van der Waals surface area contributed by atoms with Crippen molar-refractivity contribution in [3.8, 4) is 5.75 Å². The Labute approximate surface area is 155 Å². The predicted molar refractivity (Wildman–Crippen MR) is 103 cm³/mol. The summed E-state index contributed by atoms with van der Waals surface area (Å²) in [6.45, 7) is 8.44. The number of carbonyl (C=O) groups is 1. The summed E-state index contributed by atoms with van der Waals surface area (Å²) in [5, 5.41) is 12.7. The van der Waals surface area contributed by atoms with Gasteiger partial charge in [-0.1, -0.05) is 42.0 Å². The van der Waals surface area contributed by atoms with E-state index in [4.69, 9.17) is 0 Å². The Kier molecular flexibility index (Phi) is 6.26. The number of hydrogen-bond donors (Lipinski definition) is 2. The number of phenols is 1. The first-order valence-electron chi connectivity index (χ1n) is 9.18. The van der Waals surface area contributed by atoms with Crippen LogP contribution >= 0.6 is 0 Å². The van der Waals surface area contributed by atoms with E-state index < -0.39 is 0 Å². The van der Waals surface area contributed by atoms with Crippen molar-refractivity contribution in [1.82, 2.24) is 15.1 Å². The zero-order chi connectivity index (χ0) is 18.4. The lowest BCUT2D eigenvalue weighted by molar-refractivity contribution is 0.0931. The van der Waals surface area contributed by atoms with E-state index >= 15 is 0 Å². The first-order chi connectivity index (χ1) is 12.6. The molecule has 2 aromatic carbocycles. The van der Waals surface area contributed by atoms with Crippen LogP contribution in [0.1, 0.15) is 21.5 Å². The molecule has 1 aliphatic heterocycles. The normalized spacial score (nSPS) is 15.7. The predicted octanol–water partition coefficient (Wildman–Crippen LogP) is 2.25. The third kappa shape index (κ3) is 5.07. The molecule has 0 atom stereocenters. The molecule has 5 nitrogen and oxygen atoms in total. The molecule has 138 valence electrons. The maximum atomic E-state index is 12.2. The molecule has 1 aliphatic rings. The van der Waals surface area contributed by atoms with Crippen LogP contribution in [-0.4, -0.2) is 60.1 Å². The fourth-order valence-electron chi connectivity index (χ4n) is 3.27. The number of piperazine rings is 1. The standard InChI is InChI=1S/C21H27N3O2/c1-17-7-8-20(25)19(15-17)21(26)22-9-10-23-11-13-24(14-12-23)16-18-5-3-2-4-6-18/h2-8,15,25H,9-14,16H2,1H3,(H,22,26). The molecule has 0 unspecified atom stereocenters.